The molecule has 0 atom stereocenters. The molecule has 0 aliphatic carbocycles. The first-order valence-corrected chi connectivity index (χ1v) is 5.94. The van der Waals surface area contributed by atoms with Crippen LogP contribution >= 0.6 is 11.8 Å². The third-order valence-electron chi connectivity index (χ3n) is 2.15. The fourth-order valence-electron chi connectivity index (χ4n) is 1.32. The molecule has 0 amide bonds. The molecule has 0 N–H and O–H groups in total. The summed E-state index contributed by atoms with van der Waals surface area (Å²) in [5.41, 5.74) is 1.95. The quantitative estimate of drug-likeness (QED) is 0.595. The summed E-state index contributed by atoms with van der Waals surface area (Å²) in [6.45, 7) is 0. The van der Waals surface area contributed by atoms with Crippen molar-refractivity contribution in [1.82, 2.24) is 4.98 Å². The van der Waals surface area contributed by atoms with E-state index in [-0.39, 0.29) is 0 Å². The molecule has 2 aromatic rings. The molecule has 0 bridgehead atoms. The van der Waals surface area contributed by atoms with Gasteiger partial charge in [0.2, 0.25) is 0 Å². The molecule has 0 fully saturated rings. The molecule has 0 aliphatic heterocycles. The van der Waals surface area contributed by atoms with Crippen LogP contribution in [0, 0.1) is 0 Å². The van der Waals surface area contributed by atoms with E-state index in [9.17, 15) is 4.79 Å². The first-order chi connectivity index (χ1) is 7.88. The lowest BCUT2D eigenvalue weighted by Gasteiger charge is -2.02. The fraction of sp³-hybridized carbons (Fsp3) is 0.0769. The van der Waals surface area contributed by atoms with Gasteiger partial charge in [-0.05, 0) is 29.8 Å². The highest BCUT2D eigenvalue weighted by atomic mass is 32.2. The van der Waals surface area contributed by atoms with Gasteiger partial charge in [0.25, 0.3) is 0 Å². The van der Waals surface area contributed by atoms with E-state index in [1.807, 2.05) is 36.4 Å². The largest absolute Gasteiger partial charge is 0.298 e. The van der Waals surface area contributed by atoms with E-state index in [1.165, 1.54) is 5.56 Å². The molecule has 2 rings (SSSR count). The summed E-state index contributed by atoms with van der Waals surface area (Å²) in [4.78, 5) is 15.7. The van der Waals surface area contributed by atoms with Gasteiger partial charge in [-0.3, -0.25) is 9.78 Å². The van der Waals surface area contributed by atoms with Crippen molar-refractivity contribution in [2.45, 2.75) is 10.6 Å². The van der Waals surface area contributed by atoms with Crippen molar-refractivity contribution in [3.8, 4) is 0 Å². The first-order valence-electron chi connectivity index (χ1n) is 4.95. The van der Waals surface area contributed by atoms with E-state index in [0.717, 1.165) is 22.5 Å². The standard InChI is InChI=1S/C13H11NOS/c15-9-12-2-1-3-13(8-12)16-10-11-4-6-14-7-5-11/h1-9H,10H2. The Kier molecular flexibility index (Phi) is 3.72. The van der Waals surface area contributed by atoms with E-state index in [0.29, 0.717) is 0 Å². The van der Waals surface area contributed by atoms with Crippen LogP contribution in [0.5, 0.6) is 0 Å². The highest BCUT2D eigenvalue weighted by Gasteiger charge is 1.97. The van der Waals surface area contributed by atoms with Crippen LogP contribution in [0.25, 0.3) is 0 Å². The average Bonchev–Trinajstić information content (AvgIpc) is 2.38. The van der Waals surface area contributed by atoms with Crippen LogP contribution in [-0.4, -0.2) is 11.3 Å². The van der Waals surface area contributed by atoms with Gasteiger partial charge in [0.05, 0.1) is 0 Å². The van der Waals surface area contributed by atoms with Crippen molar-refractivity contribution in [3.63, 3.8) is 0 Å². The minimum atomic E-state index is 0.722. The monoisotopic (exact) mass is 229 g/mol. The summed E-state index contributed by atoms with van der Waals surface area (Å²) >= 11 is 1.72. The van der Waals surface area contributed by atoms with Gasteiger partial charge in [-0.15, -0.1) is 11.8 Å². The number of pyridine rings is 1. The molecule has 1 aromatic carbocycles. The number of thioether (sulfide) groups is 1. The zero-order valence-corrected chi connectivity index (χ0v) is 9.48. The molecule has 1 heterocycles. The Morgan fingerprint density at radius 3 is 2.75 bits per heavy atom. The van der Waals surface area contributed by atoms with Crippen LogP contribution in [0.4, 0.5) is 0 Å². The van der Waals surface area contributed by atoms with Crippen molar-refractivity contribution < 1.29 is 4.79 Å². The van der Waals surface area contributed by atoms with Crippen LogP contribution in [0.3, 0.4) is 0 Å². The zero-order valence-electron chi connectivity index (χ0n) is 8.67. The number of hydrogen-bond donors (Lipinski definition) is 0. The summed E-state index contributed by atoms with van der Waals surface area (Å²) in [7, 11) is 0. The lowest BCUT2D eigenvalue weighted by atomic mass is 10.2. The fourth-order valence-corrected chi connectivity index (χ4v) is 2.24. The van der Waals surface area contributed by atoms with Gasteiger partial charge in [0.1, 0.15) is 6.29 Å². The maximum atomic E-state index is 10.6. The van der Waals surface area contributed by atoms with Crippen LogP contribution in [0.15, 0.2) is 53.7 Å². The Morgan fingerprint density at radius 1 is 1.19 bits per heavy atom. The summed E-state index contributed by atoms with van der Waals surface area (Å²) in [6.07, 6.45) is 4.45. The molecular formula is C13H11NOS. The Hall–Kier alpha value is -1.61. The van der Waals surface area contributed by atoms with Crippen molar-refractivity contribution in [2.24, 2.45) is 0 Å². The highest BCUT2D eigenvalue weighted by Crippen LogP contribution is 2.22. The smallest absolute Gasteiger partial charge is 0.150 e. The van der Waals surface area contributed by atoms with Crippen molar-refractivity contribution in [3.05, 3.63) is 59.9 Å². The number of aromatic nitrogens is 1. The third-order valence-corrected chi connectivity index (χ3v) is 3.21. The third kappa shape index (κ3) is 2.94. The lowest BCUT2D eigenvalue weighted by molar-refractivity contribution is 0.112. The number of rotatable bonds is 4. The van der Waals surface area contributed by atoms with Gasteiger partial charge in [-0.1, -0.05) is 12.1 Å². The lowest BCUT2D eigenvalue weighted by Crippen LogP contribution is -1.83. The predicted octanol–water partition coefficient (Wildman–Crippen LogP) is 3.19. The molecule has 0 unspecified atom stereocenters. The van der Waals surface area contributed by atoms with E-state index in [1.54, 1.807) is 24.2 Å². The Balaban J connectivity index is 2.02. The topological polar surface area (TPSA) is 30.0 Å². The molecule has 0 radical (unpaired) electrons. The van der Waals surface area contributed by atoms with Gasteiger partial charge >= 0.3 is 0 Å². The average molecular weight is 229 g/mol. The molecule has 16 heavy (non-hydrogen) atoms. The maximum absolute atomic E-state index is 10.6. The molecule has 2 nitrogen and oxygen atoms in total. The second-order valence-corrected chi connectivity index (χ2v) is 4.38. The summed E-state index contributed by atoms with van der Waals surface area (Å²) < 4.78 is 0. The van der Waals surface area contributed by atoms with Crippen LogP contribution in [0.2, 0.25) is 0 Å². The van der Waals surface area contributed by atoms with Gasteiger partial charge in [0.15, 0.2) is 0 Å². The van der Waals surface area contributed by atoms with E-state index >= 15 is 0 Å². The molecule has 0 saturated carbocycles. The number of hydrogen-bond acceptors (Lipinski definition) is 3. The summed E-state index contributed by atoms with van der Waals surface area (Å²) in [5.74, 6) is 0.894. The number of carbonyl (C=O) groups excluding carboxylic acids is 1. The molecule has 80 valence electrons. The summed E-state index contributed by atoms with van der Waals surface area (Å²) in [6, 6.07) is 11.6. The van der Waals surface area contributed by atoms with E-state index < -0.39 is 0 Å². The minimum absolute atomic E-state index is 0.722. The number of aldehydes is 1. The SMILES string of the molecule is O=Cc1cccc(SCc2ccncc2)c1. The van der Waals surface area contributed by atoms with E-state index in [4.69, 9.17) is 0 Å². The maximum Gasteiger partial charge on any atom is 0.150 e. The number of carbonyl (C=O) groups is 1. The molecule has 0 saturated heterocycles. The Labute approximate surface area is 98.7 Å². The molecule has 0 spiro atoms. The predicted molar refractivity (Wildman–Crippen MR) is 65.6 cm³/mol. The Bertz CT molecular complexity index is 470. The first kappa shape index (κ1) is 10.9. The Morgan fingerprint density at radius 2 is 2.00 bits per heavy atom. The van der Waals surface area contributed by atoms with Crippen molar-refractivity contribution in [2.75, 3.05) is 0 Å². The number of nitrogens with zero attached hydrogens (tertiary/aromatic N) is 1. The van der Waals surface area contributed by atoms with E-state index in [2.05, 4.69) is 4.98 Å². The van der Waals surface area contributed by atoms with Crippen LogP contribution < -0.4 is 0 Å². The van der Waals surface area contributed by atoms with Gasteiger partial charge < -0.3 is 0 Å². The van der Waals surface area contributed by atoms with Gasteiger partial charge in [-0.25, -0.2) is 0 Å². The normalized spacial score (nSPS) is 10.0. The van der Waals surface area contributed by atoms with Crippen molar-refractivity contribution in [1.29, 1.82) is 0 Å². The molecule has 0 aliphatic rings. The van der Waals surface area contributed by atoms with Gasteiger partial charge in [-0.2, -0.15) is 0 Å². The molecule has 1 aromatic heterocycles. The summed E-state index contributed by atoms with van der Waals surface area (Å²) in [5, 5.41) is 0. The highest BCUT2D eigenvalue weighted by molar-refractivity contribution is 7.98. The number of benzene rings is 1. The molecular weight excluding hydrogens is 218 g/mol. The zero-order chi connectivity index (χ0) is 11.2. The van der Waals surface area contributed by atoms with Crippen molar-refractivity contribution >= 4 is 18.0 Å². The second-order valence-electron chi connectivity index (χ2n) is 3.33. The van der Waals surface area contributed by atoms with Gasteiger partial charge in [0, 0.05) is 28.6 Å². The second kappa shape index (κ2) is 5.47. The molecule has 3 heteroatoms. The minimum Gasteiger partial charge on any atom is -0.298 e. The van der Waals surface area contributed by atoms with Crippen LogP contribution in [0.1, 0.15) is 15.9 Å². The van der Waals surface area contributed by atoms with Crippen LogP contribution in [-0.2, 0) is 5.75 Å².